The monoisotopic (exact) mass is 450 g/mol. The van der Waals surface area contributed by atoms with Crippen LogP contribution in [-0.4, -0.2) is 69.9 Å². The summed E-state index contributed by atoms with van der Waals surface area (Å²) in [5.41, 5.74) is -0.999. The number of nitrogens with zero attached hydrogens (tertiary/aromatic N) is 3. The van der Waals surface area contributed by atoms with Crippen LogP contribution in [-0.2, 0) is 9.59 Å². The average molecular weight is 451 g/mol. The predicted octanol–water partition coefficient (Wildman–Crippen LogP) is 1.56. The third-order valence-corrected chi connectivity index (χ3v) is 6.20. The fourth-order valence-corrected chi connectivity index (χ4v) is 3.78. The molecule has 0 saturated carbocycles. The second-order valence-electron chi connectivity index (χ2n) is 8.33. The van der Waals surface area contributed by atoms with Crippen molar-refractivity contribution in [1.29, 1.82) is 0 Å². The highest BCUT2D eigenvalue weighted by Crippen LogP contribution is 2.27. The summed E-state index contributed by atoms with van der Waals surface area (Å²) in [6.07, 6.45) is 1.09. The van der Waals surface area contributed by atoms with Crippen LogP contribution in [0.25, 0.3) is 0 Å². The van der Waals surface area contributed by atoms with Gasteiger partial charge < -0.3 is 10.2 Å². The highest BCUT2D eigenvalue weighted by molar-refractivity contribution is 6.22. The molecule has 0 radical (unpaired) electrons. The number of imide groups is 1. The van der Waals surface area contributed by atoms with E-state index in [-0.39, 0.29) is 34.6 Å². The number of nitro groups is 1. The molecule has 0 bridgehead atoms. The van der Waals surface area contributed by atoms with E-state index >= 15 is 0 Å². The molecule has 3 rings (SSSR count). The number of hydrogen-bond acceptors (Lipinski definition) is 6. The summed E-state index contributed by atoms with van der Waals surface area (Å²) in [5, 5.41) is 13.7. The van der Waals surface area contributed by atoms with Crippen LogP contribution in [0, 0.1) is 15.5 Å². The number of alkyl halides is 1. The van der Waals surface area contributed by atoms with Crippen molar-refractivity contribution in [2.24, 2.45) is 5.41 Å². The molecule has 10 nitrogen and oxygen atoms in total. The number of non-ortho nitro benzene ring substituents is 1. The molecular formula is C20H23ClN4O6. The highest BCUT2D eigenvalue weighted by Gasteiger charge is 2.38. The third kappa shape index (κ3) is 4.53. The molecule has 2 aliphatic heterocycles. The van der Waals surface area contributed by atoms with Crippen molar-refractivity contribution in [3.8, 4) is 0 Å². The summed E-state index contributed by atoms with van der Waals surface area (Å²) in [6, 6.07) is 3.23. The number of carbonyl (C=O) groups excluding carboxylic acids is 4. The van der Waals surface area contributed by atoms with Crippen molar-refractivity contribution < 1.29 is 24.1 Å². The zero-order valence-corrected chi connectivity index (χ0v) is 18.0. The Morgan fingerprint density at radius 2 is 1.81 bits per heavy atom. The first-order chi connectivity index (χ1) is 14.5. The molecule has 1 N–H and O–H groups in total. The van der Waals surface area contributed by atoms with E-state index in [0.717, 1.165) is 17.0 Å². The van der Waals surface area contributed by atoms with E-state index in [1.165, 1.54) is 6.07 Å². The highest BCUT2D eigenvalue weighted by atomic mass is 35.5. The minimum Gasteiger partial charge on any atom is -0.352 e. The molecule has 11 heteroatoms. The molecule has 1 saturated heterocycles. The number of likely N-dealkylation sites (tertiary alicyclic amines) is 1. The van der Waals surface area contributed by atoms with E-state index < -0.39 is 34.6 Å². The standard InChI is InChI=1S/C20H23ClN4O6/c1-20(2,11-21)19(29)23-7-5-12(6-8-23)22-16(26)10-24-17(27)14-4-3-13(25(30)31)9-15(14)18(24)28/h3-4,9,12H,5-8,10-11H2,1-2H3,(H,22,26). The Balaban J connectivity index is 1.56. The number of halogens is 1. The Bertz CT molecular complexity index is 955. The molecule has 4 amide bonds. The Kier molecular flexibility index (Phi) is 6.30. The molecule has 1 aromatic carbocycles. The Labute approximate surface area is 183 Å². The van der Waals surface area contributed by atoms with E-state index in [1.54, 1.807) is 18.7 Å². The van der Waals surface area contributed by atoms with E-state index in [9.17, 15) is 29.3 Å². The second kappa shape index (κ2) is 8.62. The summed E-state index contributed by atoms with van der Waals surface area (Å²) >= 11 is 5.87. The average Bonchev–Trinajstić information content (AvgIpc) is 2.98. The van der Waals surface area contributed by atoms with Crippen LogP contribution in [0.4, 0.5) is 5.69 Å². The number of fused-ring (bicyclic) bond motifs is 1. The van der Waals surface area contributed by atoms with Gasteiger partial charge in [0.25, 0.3) is 17.5 Å². The van der Waals surface area contributed by atoms with Gasteiger partial charge in [0, 0.05) is 37.1 Å². The van der Waals surface area contributed by atoms with Gasteiger partial charge in [-0.3, -0.25) is 34.2 Å². The smallest absolute Gasteiger partial charge is 0.270 e. The number of amides is 4. The molecular weight excluding hydrogens is 428 g/mol. The maximum Gasteiger partial charge on any atom is 0.270 e. The van der Waals surface area contributed by atoms with E-state index in [0.29, 0.717) is 25.9 Å². The summed E-state index contributed by atoms with van der Waals surface area (Å²) < 4.78 is 0. The van der Waals surface area contributed by atoms with Crippen LogP contribution < -0.4 is 5.32 Å². The topological polar surface area (TPSA) is 130 Å². The number of hydrogen-bond donors (Lipinski definition) is 1. The lowest BCUT2D eigenvalue weighted by Crippen LogP contribution is -2.51. The number of carbonyl (C=O) groups is 4. The largest absolute Gasteiger partial charge is 0.352 e. The van der Waals surface area contributed by atoms with Gasteiger partial charge in [-0.25, -0.2) is 0 Å². The van der Waals surface area contributed by atoms with Gasteiger partial charge in [0.05, 0.1) is 21.5 Å². The maximum absolute atomic E-state index is 12.5. The Morgan fingerprint density at radius 3 is 2.39 bits per heavy atom. The van der Waals surface area contributed by atoms with E-state index in [2.05, 4.69) is 5.32 Å². The Hall–Kier alpha value is -3.01. The summed E-state index contributed by atoms with van der Waals surface area (Å²) in [5.74, 6) is -1.72. The van der Waals surface area contributed by atoms with Gasteiger partial charge in [0.15, 0.2) is 0 Å². The normalized spacial score (nSPS) is 17.0. The van der Waals surface area contributed by atoms with Crippen molar-refractivity contribution in [3.63, 3.8) is 0 Å². The fraction of sp³-hybridized carbons (Fsp3) is 0.500. The molecule has 31 heavy (non-hydrogen) atoms. The van der Waals surface area contributed by atoms with Gasteiger partial charge in [-0.05, 0) is 32.8 Å². The third-order valence-electron chi connectivity index (χ3n) is 5.53. The molecule has 0 spiro atoms. The van der Waals surface area contributed by atoms with Crippen molar-refractivity contribution in [2.75, 3.05) is 25.5 Å². The van der Waals surface area contributed by atoms with Gasteiger partial charge in [0.2, 0.25) is 11.8 Å². The van der Waals surface area contributed by atoms with Crippen LogP contribution in [0.1, 0.15) is 47.4 Å². The zero-order valence-electron chi connectivity index (χ0n) is 17.2. The van der Waals surface area contributed by atoms with Crippen molar-refractivity contribution in [2.45, 2.75) is 32.7 Å². The molecule has 2 aliphatic rings. The summed E-state index contributed by atoms with van der Waals surface area (Å²) in [7, 11) is 0. The SMILES string of the molecule is CC(C)(CCl)C(=O)N1CCC(NC(=O)CN2C(=O)c3ccc([N+](=O)[O-])cc3C2=O)CC1. The second-order valence-corrected chi connectivity index (χ2v) is 8.60. The number of rotatable bonds is 6. The molecule has 1 fully saturated rings. The quantitative estimate of drug-likeness (QED) is 0.303. The summed E-state index contributed by atoms with van der Waals surface area (Å²) in [6.45, 7) is 4.04. The molecule has 2 heterocycles. The van der Waals surface area contributed by atoms with Gasteiger partial charge in [-0.15, -0.1) is 11.6 Å². The van der Waals surface area contributed by atoms with Crippen molar-refractivity contribution >= 4 is 40.9 Å². The number of piperidine rings is 1. The minimum atomic E-state index is -0.734. The van der Waals surface area contributed by atoms with Gasteiger partial charge in [-0.1, -0.05) is 0 Å². The van der Waals surface area contributed by atoms with Crippen LogP contribution in [0.15, 0.2) is 18.2 Å². The number of nitro benzene ring substituents is 1. The predicted molar refractivity (Wildman–Crippen MR) is 111 cm³/mol. The number of benzene rings is 1. The first-order valence-corrected chi connectivity index (χ1v) is 10.4. The van der Waals surface area contributed by atoms with Gasteiger partial charge in [0.1, 0.15) is 6.54 Å². The van der Waals surface area contributed by atoms with Crippen LogP contribution in [0.3, 0.4) is 0 Å². The van der Waals surface area contributed by atoms with Crippen LogP contribution in [0.5, 0.6) is 0 Å². The molecule has 0 unspecified atom stereocenters. The first kappa shape index (κ1) is 22.7. The molecule has 0 aliphatic carbocycles. The van der Waals surface area contributed by atoms with Crippen LogP contribution >= 0.6 is 11.6 Å². The lowest BCUT2D eigenvalue weighted by Gasteiger charge is -2.36. The van der Waals surface area contributed by atoms with Gasteiger partial charge in [-0.2, -0.15) is 0 Å². The van der Waals surface area contributed by atoms with Gasteiger partial charge >= 0.3 is 0 Å². The lowest BCUT2D eigenvalue weighted by molar-refractivity contribution is -0.384. The van der Waals surface area contributed by atoms with Crippen molar-refractivity contribution in [1.82, 2.24) is 15.1 Å². The zero-order chi connectivity index (χ0) is 22.9. The molecule has 0 aromatic heterocycles. The first-order valence-electron chi connectivity index (χ1n) is 9.84. The molecule has 0 atom stereocenters. The fourth-order valence-electron chi connectivity index (χ4n) is 3.66. The maximum atomic E-state index is 12.5. The van der Waals surface area contributed by atoms with Crippen molar-refractivity contribution in [3.05, 3.63) is 39.4 Å². The van der Waals surface area contributed by atoms with Crippen LogP contribution in [0.2, 0.25) is 0 Å². The lowest BCUT2D eigenvalue weighted by atomic mass is 9.92. The summed E-state index contributed by atoms with van der Waals surface area (Å²) in [4.78, 5) is 62.6. The molecule has 1 aromatic rings. The van der Waals surface area contributed by atoms with E-state index in [4.69, 9.17) is 11.6 Å². The Morgan fingerprint density at radius 1 is 1.19 bits per heavy atom. The minimum absolute atomic E-state index is 0.0348. The number of nitrogens with one attached hydrogen (secondary N) is 1. The van der Waals surface area contributed by atoms with E-state index in [1.807, 2.05) is 0 Å². The molecule has 166 valence electrons.